The average molecular weight is 562 g/mol. The smallest absolute Gasteiger partial charge is 0.251 e. The van der Waals surface area contributed by atoms with Crippen molar-refractivity contribution < 1.29 is 29.1 Å². The number of benzene rings is 1. The number of aliphatic hydroxyl groups excluding tert-OH is 1. The molecule has 0 aliphatic heterocycles. The van der Waals surface area contributed by atoms with E-state index in [1.54, 1.807) is 20.8 Å². The molecule has 0 spiro atoms. The van der Waals surface area contributed by atoms with Crippen molar-refractivity contribution in [2.45, 2.75) is 92.1 Å². The SMILES string of the molecule is CC(NC(=O)[C@H](CC(=O)N(C)C)NC(=O)[C@@H](NC(=O)CC(C)(C)C)C(C)(C)C)C(O)C(=O)NCc1ccccc1. The molecule has 0 aliphatic carbocycles. The molecule has 224 valence electrons. The van der Waals surface area contributed by atoms with Crippen LogP contribution in [0.4, 0.5) is 0 Å². The number of nitrogens with zero attached hydrogens (tertiary/aromatic N) is 1. The Morgan fingerprint density at radius 3 is 1.93 bits per heavy atom. The highest BCUT2D eigenvalue weighted by Gasteiger charge is 2.37. The first-order chi connectivity index (χ1) is 18.3. The predicted molar refractivity (Wildman–Crippen MR) is 153 cm³/mol. The van der Waals surface area contributed by atoms with Gasteiger partial charge in [-0.25, -0.2) is 0 Å². The van der Waals surface area contributed by atoms with Gasteiger partial charge < -0.3 is 31.3 Å². The summed E-state index contributed by atoms with van der Waals surface area (Å²) in [4.78, 5) is 65.5. The number of carbonyl (C=O) groups excluding carboxylic acids is 5. The number of aliphatic hydroxyl groups is 1. The Labute approximate surface area is 237 Å². The topological polar surface area (TPSA) is 157 Å². The molecule has 0 saturated carbocycles. The lowest BCUT2D eigenvalue weighted by Crippen LogP contribution is -2.60. The molecule has 4 atom stereocenters. The van der Waals surface area contributed by atoms with Crippen LogP contribution < -0.4 is 21.3 Å². The molecule has 5 N–H and O–H groups in total. The monoisotopic (exact) mass is 561 g/mol. The summed E-state index contributed by atoms with van der Waals surface area (Å²) in [5.41, 5.74) is -0.161. The lowest BCUT2D eigenvalue weighted by molar-refractivity contribution is -0.138. The third kappa shape index (κ3) is 12.1. The van der Waals surface area contributed by atoms with E-state index in [0.29, 0.717) is 0 Å². The molecule has 1 aromatic rings. The first-order valence-electron chi connectivity index (χ1n) is 13.4. The number of hydrogen-bond donors (Lipinski definition) is 5. The molecule has 0 aromatic heterocycles. The maximum atomic E-state index is 13.4. The van der Waals surface area contributed by atoms with Crippen molar-refractivity contribution in [2.24, 2.45) is 10.8 Å². The van der Waals surface area contributed by atoms with E-state index in [2.05, 4.69) is 21.3 Å². The van der Waals surface area contributed by atoms with Gasteiger partial charge in [0, 0.05) is 27.1 Å². The van der Waals surface area contributed by atoms with E-state index in [1.165, 1.54) is 25.9 Å². The molecule has 40 heavy (non-hydrogen) atoms. The van der Waals surface area contributed by atoms with Gasteiger partial charge in [-0.1, -0.05) is 71.9 Å². The van der Waals surface area contributed by atoms with Gasteiger partial charge in [-0.15, -0.1) is 0 Å². The zero-order valence-electron chi connectivity index (χ0n) is 25.3. The average Bonchev–Trinajstić information content (AvgIpc) is 2.83. The molecule has 11 nitrogen and oxygen atoms in total. The van der Waals surface area contributed by atoms with Gasteiger partial charge in [0.15, 0.2) is 6.10 Å². The predicted octanol–water partition coefficient (Wildman–Crippen LogP) is 1.10. The molecule has 1 aromatic carbocycles. The quantitative estimate of drug-likeness (QED) is 0.257. The lowest BCUT2D eigenvalue weighted by atomic mass is 9.85. The summed E-state index contributed by atoms with van der Waals surface area (Å²) in [7, 11) is 3.04. The molecule has 0 fully saturated rings. The molecule has 0 heterocycles. The number of nitrogens with one attached hydrogen (secondary N) is 4. The van der Waals surface area contributed by atoms with Crippen LogP contribution in [0, 0.1) is 10.8 Å². The second kappa shape index (κ2) is 14.8. The lowest BCUT2D eigenvalue weighted by Gasteiger charge is -2.33. The van der Waals surface area contributed by atoms with Gasteiger partial charge in [-0.2, -0.15) is 0 Å². The molecule has 0 aliphatic rings. The molecule has 2 unspecified atom stereocenters. The molecule has 1 rings (SSSR count). The van der Waals surface area contributed by atoms with Crippen LogP contribution in [0.25, 0.3) is 0 Å². The molecule has 0 bridgehead atoms. The number of rotatable bonds is 12. The summed E-state index contributed by atoms with van der Waals surface area (Å²) in [5, 5.41) is 21.0. The van der Waals surface area contributed by atoms with E-state index in [9.17, 15) is 29.1 Å². The van der Waals surface area contributed by atoms with Gasteiger partial charge in [0.2, 0.25) is 23.6 Å². The maximum Gasteiger partial charge on any atom is 0.251 e. The zero-order chi connectivity index (χ0) is 30.8. The summed E-state index contributed by atoms with van der Waals surface area (Å²) < 4.78 is 0. The number of hydrogen-bond acceptors (Lipinski definition) is 6. The third-order valence-corrected chi connectivity index (χ3v) is 6.06. The molecule has 0 saturated heterocycles. The van der Waals surface area contributed by atoms with Crippen LogP contribution in [0.15, 0.2) is 30.3 Å². The normalized spacial score (nSPS) is 14.7. The third-order valence-electron chi connectivity index (χ3n) is 6.06. The number of carbonyl (C=O) groups is 5. The zero-order valence-corrected chi connectivity index (χ0v) is 25.3. The fourth-order valence-electron chi connectivity index (χ4n) is 3.71. The Kier molecular flexibility index (Phi) is 12.8. The summed E-state index contributed by atoms with van der Waals surface area (Å²) in [6.45, 7) is 12.7. The van der Waals surface area contributed by atoms with Gasteiger partial charge in [-0.05, 0) is 23.3 Å². The van der Waals surface area contributed by atoms with Crippen LogP contribution in [0.3, 0.4) is 0 Å². The van der Waals surface area contributed by atoms with E-state index in [4.69, 9.17) is 0 Å². The summed E-state index contributed by atoms with van der Waals surface area (Å²) in [6, 6.07) is 5.81. The highest BCUT2D eigenvalue weighted by Crippen LogP contribution is 2.22. The molecule has 0 radical (unpaired) electrons. The second-order valence-electron chi connectivity index (χ2n) is 12.6. The summed E-state index contributed by atoms with van der Waals surface area (Å²) >= 11 is 0. The van der Waals surface area contributed by atoms with E-state index in [-0.39, 0.29) is 30.7 Å². The van der Waals surface area contributed by atoms with Crippen molar-refractivity contribution in [1.29, 1.82) is 0 Å². The van der Waals surface area contributed by atoms with Crippen LogP contribution in [0.5, 0.6) is 0 Å². The minimum Gasteiger partial charge on any atom is -0.381 e. The molecule has 5 amide bonds. The van der Waals surface area contributed by atoms with Gasteiger partial charge in [0.1, 0.15) is 12.1 Å². The van der Waals surface area contributed by atoms with Crippen LogP contribution in [0.2, 0.25) is 0 Å². The molecule has 11 heteroatoms. The highest BCUT2D eigenvalue weighted by molar-refractivity contribution is 5.95. The Hall–Kier alpha value is -3.47. The van der Waals surface area contributed by atoms with Crippen molar-refractivity contribution >= 4 is 29.5 Å². The summed E-state index contributed by atoms with van der Waals surface area (Å²) in [6.07, 6.45) is -1.74. The largest absolute Gasteiger partial charge is 0.381 e. The second-order valence-corrected chi connectivity index (χ2v) is 12.6. The van der Waals surface area contributed by atoms with Crippen LogP contribution >= 0.6 is 0 Å². The summed E-state index contributed by atoms with van der Waals surface area (Å²) in [5.74, 6) is -2.80. The van der Waals surface area contributed by atoms with Crippen molar-refractivity contribution in [3.63, 3.8) is 0 Å². The van der Waals surface area contributed by atoms with E-state index < -0.39 is 53.3 Å². The Morgan fingerprint density at radius 1 is 0.850 bits per heavy atom. The van der Waals surface area contributed by atoms with Gasteiger partial charge in [0.25, 0.3) is 5.91 Å². The number of amides is 5. The highest BCUT2D eigenvalue weighted by atomic mass is 16.3. The fraction of sp³-hybridized carbons (Fsp3) is 0.621. The Bertz CT molecular complexity index is 1030. The Morgan fingerprint density at radius 2 is 1.43 bits per heavy atom. The van der Waals surface area contributed by atoms with E-state index in [0.717, 1.165) is 5.56 Å². The molecular formula is C29H47N5O6. The van der Waals surface area contributed by atoms with Gasteiger partial charge in [0.05, 0.1) is 12.5 Å². The van der Waals surface area contributed by atoms with Crippen LogP contribution in [0.1, 0.15) is 66.9 Å². The first kappa shape index (κ1) is 34.6. The van der Waals surface area contributed by atoms with Crippen molar-refractivity contribution in [1.82, 2.24) is 26.2 Å². The van der Waals surface area contributed by atoms with E-state index in [1.807, 2.05) is 51.1 Å². The fourth-order valence-corrected chi connectivity index (χ4v) is 3.71. The molecular weight excluding hydrogens is 514 g/mol. The minimum atomic E-state index is -1.58. The van der Waals surface area contributed by atoms with Crippen LogP contribution in [-0.4, -0.2) is 77.9 Å². The van der Waals surface area contributed by atoms with Crippen molar-refractivity contribution in [3.05, 3.63) is 35.9 Å². The van der Waals surface area contributed by atoms with Gasteiger partial charge >= 0.3 is 0 Å². The maximum absolute atomic E-state index is 13.4. The van der Waals surface area contributed by atoms with Crippen LogP contribution in [-0.2, 0) is 30.5 Å². The van der Waals surface area contributed by atoms with Gasteiger partial charge in [-0.3, -0.25) is 24.0 Å². The van der Waals surface area contributed by atoms with Crippen molar-refractivity contribution in [2.75, 3.05) is 14.1 Å². The minimum absolute atomic E-state index is 0.192. The standard InChI is InChI=1S/C29H47N5O6/c1-18(23(37)26(39)30-17-19-13-11-10-12-14-19)31-25(38)20(15-22(36)34(8)9)32-27(40)24(29(5,6)7)33-21(35)16-28(2,3)4/h10-14,18,20,23-24,37H,15-17H2,1-9H3,(H,30,39)(H,31,38)(H,32,40)(H,33,35)/t18?,20-,23?,24+/m0/s1. The first-order valence-corrected chi connectivity index (χ1v) is 13.4. The Balaban J connectivity index is 3.00. The van der Waals surface area contributed by atoms with E-state index >= 15 is 0 Å². The van der Waals surface area contributed by atoms with Crippen molar-refractivity contribution in [3.8, 4) is 0 Å².